The largest absolute Gasteiger partial charge is 0.475 e. The number of hydrogen-bond acceptors (Lipinski definition) is 3. The van der Waals surface area contributed by atoms with E-state index in [-0.39, 0.29) is 18.2 Å². The molecule has 2 heterocycles. The highest BCUT2D eigenvalue weighted by Gasteiger charge is 2.20. The first-order valence-corrected chi connectivity index (χ1v) is 5.73. The summed E-state index contributed by atoms with van der Waals surface area (Å²) in [4.78, 5) is 13.0. The van der Waals surface area contributed by atoms with Crippen molar-refractivity contribution in [2.75, 3.05) is 6.54 Å². The Kier molecular flexibility index (Phi) is 5.02. The minimum atomic E-state index is -1.00. The lowest BCUT2D eigenvalue weighted by Crippen LogP contribution is -2.36. The lowest BCUT2D eigenvalue weighted by molar-refractivity contribution is 0.0656. The minimum Gasteiger partial charge on any atom is -0.475 e. The Hall–Kier alpha value is -1.00. The monoisotopic (exact) mass is 259 g/mol. The maximum Gasteiger partial charge on any atom is 0.371 e. The van der Waals surface area contributed by atoms with Gasteiger partial charge in [0, 0.05) is 6.04 Å². The van der Waals surface area contributed by atoms with Crippen LogP contribution in [0.4, 0.5) is 0 Å². The molecule has 1 atom stereocenters. The maximum atomic E-state index is 10.7. The van der Waals surface area contributed by atoms with Crippen LogP contribution < -0.4 is 0 Å². The molecule has 1 aromatic heterocycles. The van der Waals surface area contributed by atoms with Crippen LogP contribution in [0.25, 0.3) is 0 Å². The average molecular weight is 260 g/mol. The molecule has 0 aliphatic carbocycles. The molecule has 2 rings (SSSR count). The SMILES string of the molecule is CC1CCCCN1Cc1ccc(C(=O)O)o1.Cl. The van der Waals surface area contributed by atoms with Crippen LogP contribution in [0.5, 0.6) is 0 Å². The lowest BCUT2D eigenvalue weighted by Gasteiger charge is -2.32. The standard InChI is InChI=1S/C12H17NO3.ClH/c1-9-4-2-3-7-13(9)8-10-5-6-11(16-10)12(14)15;/h5-6,9H,2-4,7-8H2,1H3,(H,14,15);1H. The van der Waals surface area contributed by atoms with Crippen LogP contribution in [-0.2, 0) is 6.54 Å². The van der Waals surface area contributed by atoms with Gasteiger partial charge in [0.05, 0.1) is 6.54 Å². The van der Waals surface area contributed by atoms with Crippen LogP contribution >= 0.6 is 12.4 Å². The molecule has 0 saturated carbocycles. The molecule has 0 amide bonds. The van der Waals surface area contributed by atoms with E-state index >= 15 is 0 Å². The molecule has 1 fully saturated rings. The van der Waals surface area contributed by atoms with Crippen molar-refractivity contribution in [1.82, 2.24) is 4.90 Å². The van der Waals surface area contributed by atoms with Crippen molar-refractivity contribution in [3.8, 4) is 0 Å². The second kappa shape index (κ2) is 6.07. The van der Waals surface area contributed by atoms with E-state index in [0.717, 1.165) is 12.3 Å². The number of nitrogens with zero attached hydrogens (tertiary/aromatic N) is 1. The first-order valence-electron chi connectivity index (χ1n) is 5.73. The zero-order valence-electron chi connectivity index (χ0n) is 9.89. The summed E-state index contributed by atoms with van der Waals surface area (Å²) in [6, 6.07) is 3.84. The van der Waals surface area contributed by atoms with Gasteiger partial charge < -0.3 is 9.52 Å². The van der Waals surface area contributed by atoms with Gasteiger partial charge in [-0.1, -0.05) is 6.42 Å². The summed E-state index contributed by atoms with van der Waals surface area (Å²) < 4.78 is 5.25. The number of likely N-dealkylation sites (tertiary alicyclic amines) is 1. The molecular formula is C12H18ClNO3. The third kappa shape index (κ3) is 3.48. The maximum absolute atomic E-state index is 10.7. The molecule has 5 heteroatoms. The van der Waals surface area contributed by atoms with E-state index < -0.39 is 5.97 Å². The Morgan fingerprint density at radius 3 is 2.88 bits per heavy atom. The quantitative estimate of drug-likeness (QED) is 0.907. The van der Waals surface area contributed by atoms with Crippen molar-refractivity contribution in [1.29, 1.82) is 0 Å². The van der Waals surface area contributed by atoms with Crippen LogP contribution in [0, 0.1) is 0 Å². The zero-order valence-corrected chi connectivity index (χ0v) is 10.7. The second-order valence-corrected chi connectivity index (χ2v) is 4.39. The first kappa shape index (κ1) is 14.1. The molecule has 0 spiro atoms. The predicted octanol–water partition coefficient (Wildman–Crippen LogP) is 2.77. The van der Waals surface area contributed by atoms with E-state index in [1.807, 2.05) is 0 Å². The number of carboxylic acid groups (broad SMARTS) is 1. The fourth-order valence-electron chi connectivity index (χ4n) is 2.17. The summed E-state index contributed by atoms with van der Waals surface area (Å²) >= 11 is 0. The normalized spacial score (nSPS) is 20.9. The number of aromatic carboxylic acids is 1. The minimum absolute atomic E-state index is 0. The van der Waals surface area contributed by atoms with Crippen molar-refractivity contribution in [3.63, 3.8) is 0 Å². The van der Waals surface area contributed by atoms with Crippen molar-refractivity contribution in [2.24, 2.45) is 0 Å². The van der Waals surface area contributed by atoms with Crippen molar-refractivity contribution < 1.29 is 14.3 Å². The highest BCUT2D eigenvalue weighted by molar-refractivity contribution is 5.85. The van der Waals surface area contributed by atoms with Gasteiger partial charge in [0.2, 0.25) is 5.76 Å². The Morgan fingerprint density at radius 1 is 1.53 bits per heavy atom. The van der Waals surface area contributed by atoms with Gasteiger partial charge in [-0.2, -0.15) is 0 Å². The molecule has 0 bridgehead atoms. The number of hydrogen-bond donors (Lipinski definition) is 1. The summed E-state index contributed by atoms with van der Waals surface area (Å²) in [7, 11) is 0. The van der Waals surface area contributed by atoms with Crippen molar-refractivity contribution >= 4 is 18.4 Å². The van der Waals surface area contributed by atoms with Crippen molar-refractivity contribution in [2.45, 2.75) is 38.8 Å². The van der Waals surface area contributed by atoms with Gasteiger partial charge in [-0.25, -0.2) is 4.79 Å². The van der Waals surface area contributed by atoms with E-state index in [1.165, 1.54) is 25.3 Å². The molecule has 0 aromatic carbocycles. The topological polar surface area (TPSA) is 53.7 Å². The van der Waals surface area contributed by atoms with Gasteiger partial charge in [-0.15, -0.1) is 12.4 Å². The predicted molar refractivity (Wildman–Crippen MR) is 66.6 cm³/mol. The number of carboxylic acids is 1. The second-order valence-electron chi connectivity index (χ2n) is 4.39. The van der Waals surface area contributed by atoms with Gasteiger partial charge in [-0.05, 0) is 38.4 Å². The fraction of sp³-hybridized carbons (Fsp3) is 0.583. The fourth-order valence-corrected chi connectivity index (χ4v) is 2.17. The molecule has 1 aromatic rings. The summed E-state index contributed by atoms with van der Waals surface area (Å²) in [5.41, 5.74) is 0. The molecule has 4 nitrogen and oxygen atoms in total. The third-order valence-electron chi connectivity index (χ3n) is 3.17. The molecule has 1 N–H and O–H groups in total. The summed E-state index contributed by atoms with van der Waals surface area (Å²) in [6.07, 6.45) is 3.72. The Morgan fingerprint density at radius 2 is 2.29 bits per heavy atom. The van der Waals surface area contributed by atoms with Crippen LogP contribution in [0.1, 0.15) is 42.5 Å². The van der Waals surface area contributed by atoms with E-state index in [1.54, 1.807) is 6.07 Å². The van der Waals surface area contributed by atoms with E-state index in [2.05, 4.69) is 11.8 Å². The molecule has 1 aliphatic heterocycles. The lowest BCUT2D eigenvalue weighted by atomic mass is 10.0. The molecular weight excluding hydrogens is 242 g/mol. The van der Waals surface area contributed by atoms with E-state index in [9.17, 15) is 4.79 Å². The highest BCUT2D eigenvalue weighted by Crippen LogP contribution is 2.20. The number of furan rings is 1. The van der Waals surface area contributed by atoms with Crippen LogP contribution in [0.2, 0.25) is 0 Å². The Labute approximate surface area is 107 Å². The van der Waals surface area contributed by atoms with E-state index in [0.29, 0.717) is 12.6 Å². The van der Waals surface area contributed by atoms with Gasteiger partial charge in [-0.3, -0.25) is 4.90 Å². The van der Waals surface area contributed by atoms with Gasteiger partial charge in [0.1, 0.15) is 5.76 Å². The van der Waals surface area contributed by atoms with Crippen LogP contribution in [-0.4, -0.2) is 28.6 Å². The van der Waals surface area contributed by atoms with Gasteiger partial charge >= 0.3 is 5.97 Å². The highest BCUT2D eigenvalue weighted by atomic mass is 35.5. The average Bonchev–Trinajstić information content (AvgIpc) is 2.70. The van der Waals surface area contributed by atoms with Crippen molar-refractivity contribution in [3.05, 3.63) is 23.7 Å². The summed E-state index contributed by atoms with van der Waals surface area (Å²) in [6.45, 7) is 4.00. The molecule has 1 aliphatic rings. The number of carbonyl (C=O) groups is 1. The summed E-state index contributed by atoms with van der Waals surface area (Å²) in [5.74, 6) is -0.233. The third-order valence-corrected chi connectivity index (χ3v) is 3.17. The first-order chi connectivity index (χ1) is 7.66. The number of piperidine rings is 1. The molecule has 1 saturated heterocycles. The van der Waals surface area contributed by atoms with E-state index in [4.69, 9.17) is 9.52 Å². The zero-order chi connectivity index (χ0) is 11.5. The Balaban J connectivity index is 0.00000144. The molecule has 96 valence electrons. The molecule has 0 radical (unpaired) electrons. The summed E-state index contributed by atoms with van der Waals surface area (Å²) in [5, 5.41) is 8.75. The number of halogens is 1. The molecule has 1 unspecified atom stereocenters. The van der Waals surface area contributed by atoms with Crippen LogP contribution in [0.3, 0.4) is 0 Å². The Bertz CT molecular complexity index is 378. The van der Waals surface area contributed by atoms with Gasteiger partial charge in [0.25, 0.3) is 0 Å². The molecule has 17 heavy (non-hydrogen) atoms. The van der Waals surface area contributed by atoms with Crippen LogP contribution in [0.15, 0.2) is 16.5 Å². The van der Waals surface area contributed by atoms with Gasteiger partial charge in [0.15, 0.2) is 0 Å². The smallest absolute Gasteiger partial charge is 0.371 e. The number of rotatable bonds is 3.